The first kappa shape index (κ1) is 15.7. The van der Waals surface area contributed by atoms with Crippen LogP contribution < -0.4 is 5.32 Å². The van der Waals surface area contributed by atoms with Crippen LogP contribution in [0.15, 0.2) is 48.8 Å². The van der Waals surface area contributed by atoms with Crippen LogP contribution in [0.1, 0.15) is 29.3 Å². The predicted octanol–water partition coefficient (Wildman–Crippen LogP) is 2.83. The van der Waals surface area contributed by atoms with Crippen LogP contribution in [0, 0.1) is 0 Å². The summed E-state index contributed by atoms with van der Waals surface area (Å²) >= 11 is 0. The number of para-hydroxylation sites is 1. The number of benzene rings is 1. The molecule has 1 N–H and O–H groups in total. The van der Waals surface area contributed by atoms with E-state index in [2.05, 4.69) is 10.3 Å². The number of nitrogens with zero attached hydrogens (tertiary/aromatic N) is 1. The van der Waals surface area contributed by atoms with Crippen LogP contribution in [-0.4, -0.2) is 23.5 Å². The fraction of sp³-hybridized carbons (Fsp3) is 0.235. The molecule has 1 heterocycles. The summed E-state index contributed by atoms with van der Waals surface area (Å²) in [6.07, 6.45) is 4.35. The molecule has 114 valence electrons. The number of aromatic nitrogens is 1. The summed E-state index contributed by atoms with van der Waals surface area (Å²) in [4.78, 5) is 27.8. The van der Waals surface area contributed by atoms with Crippen LogP contribution in [0.4, 0.5) is 5.69 Å². The second-order valence-corrected chi connectivity index (χ2v) is 4.67. The number of aryl methyl sites for hydroxylation is 1. The number of carbonyl (C=O) groups is 2. The lowest BCUT2D eigenvalue weighted by Crippen LogP contribution is -2.16. The van der Waals surface area contributed by atoms with Gasteiger partial charge in [0.15, 0.2) is 0 Å². The van der Waals surface area contributed by atoms with Gasteiger partial charge in [0.2, 0.25) is 5.91 Å². The van der Waals surface area contributed by atoms with Gasteiger partial charge in [-0.2, -0.15) is 0 Å². The Labute approximate surface area is 129 Å². The predicted molar refractivity (Wildman–Crippen MR) is 83.6 cm³/mol. The molecule has 1 aromatic carbocycles. The third-order valence-electron chi connectivity index (χ3n) is 3.09. The molecule has 5 heteroatoms. The largest absolute Gasteiger partial charge is 0.462 e. The highest BCUT2D eigenvalue weighted by Gasteiger charge is 2.13. The number of carbonyl (C=O) groups excluding carboxylic acids is 2. The van der Waals surface area contributed by atoms with E-state index in [4.69, 9.17) is 4.74 Å². The molecule has 0 bridgehead atoms. The van der Waals surface area contributed by atoms with E-state index in [9.17, 15) is 9.59 Å². The number of hydrogen-bond acceptors (Lipinski definition) is 4. The summed E-state index contributed by atoms with van der Waals surface area (Å²) in [5.41, 5.74) is 1.88. The van der Waals surface area contributed by atoms with E-state index < -0.39 is 5.97 Å². The van der Waals surface area contributed by atoms with E-state index in [1.165, 1.54) is 0 Å². The average Bonchev–Trinajstić information content (AvgIpc) is 2.54. The number of amides is 1. The molecule has 0 fully saturated rings. The minimum atomic E-state index is -0.437. The van der Waals surface area contributed by atoms with Crippen LogP contribution >= 0.6 is 0 Å². The van der Waals surface area contributed by atoms with Crippen LogP contribution in [0.25, 0.3) is 0 Å². The lowest BCUT2D eigenvalue weighted by Gasteiger charge is -2.10. The Kier molecular flexibility index (Phi) is 5.65. The van der Waals surface area contributed by atoms with Gasteiger partial charge in [0.1, 0.15) is 0 Å². The minimum absolute atomic E-state index is 0.145. The Morgan fingerprint density at radius 1 is 1.14 bits per heavy atom. The molecule has 1 amide bonds. The Morgan fingerprint density at radius 2 is 1.86 bits per heavy atom. The monoisotopic (exact) mass is 298 g/mol. The summed E-state index contributed by atoms with van der Waals surface area (Å²) in [6.45, 7) is 2.04. The highest BCUT2D eigenvalue weighted by molar-refractivity contribution is 6.01. The van der Waals surface area contributed by atoms with Crippen molar-refractivity contribution in [1.82, 2.24) is 4.98 Å². The summed E-state index contributed by atoms with van der Waals surface area (Å²) in [5.74, 6) is -0.582. The van der Waals surface area contributed by atoms with Crippen LogP contribution in [0.2, 0.25) is 0 Å². The zero-order valence-corrected chi connectivity index (χ0v) is 12.4. The summed E-state index contributed by atoms with van der Waals surface area (Å²) in [5, 5.41) is 2.76. The quantitative estimate of drug-likeness (QED) is 0.833. The first-order valence-corrected chi connectivity index (χ1v) is 7.15. The van der Waals surface area contributed by atoms with Crippen molar-refractivity contribution in [3.8, 4) is 0 Å². The number of nitrogens with one attached hydrogen (secondary N) is 1. The van der Waals surface area contributed by atoms with Gasteiger partial charge in [0.25, 0.3) is 0 Å². The van der Waals surface area contributed by atoms with Gasteiger partial charge in [-0.3, -0.25) is 9.78 Å². The zero-order chi connectivity index (χ0) is 15.8. The second kappa shape index (κ2) is 7.93. The second-order valence-electron chi connectivity index (χ2n) is 4.67. The van der Waals surface area contributed by atoms with Gasteiger partial charge in [-0.15, -0.1) is 0 Å². The Morgan fingerprint density at radius 3 is 2.59 bits per heavy atom. The lowest BCUT2D eigenvalue weighted by molar-refractivity contribution is -0.116. The molecule has 0 spiro atoms. The van der Waals surface area contributed by atoms with Crippen molar-refractivity contribution in [3.05, 3.63) is 59.9 Å². The van der Waals surface area contributed by atoms with Crippen LogP contribution in [-0.2, 0) is 16.0 Å². The van der Waals surface area contributed by atoms with E-state index in [0.717, 1.165) is 5.56 Å². The first-order valence-electron chi connectivity index (χ1n) is 7.15. The lowest BCUT2D eigenvalue weighted by atomic mass is 10.1. The smallest absolute Gasteiger partial charge is 0.340 e. The molecule has 0 unspecified atom stereocenters. The maximum absolute atomic E-state index is 12.0. The van der Waals surface area contributed by atoms with E-state index in [1.807, 2.05) is 12.1 Å². The minimum Gasteiger partial charge on any atom is -0.462 e. The van der Waals surface area contributed by atoms with Gasteiger partial charge in [-0.25, -0.2) is 4.79 Å². The summed E-state index contributed by atoms with van der Waals surface area (Å²) < 4.78 is 4.98. The number of ether oxygens (including phenoxy) is 1. The molecule has 5 nitrogen and oxygen atoms in total. The van der Waals surface area contributed by atoms with E-state index in [0.29, 0.717) is 30.7 Å². The molecule has 0 saturated heterocycles. The van der Waals surface area contributed by atoms with Crippen molar-refractivity contribution >= 4 is 17.6 Å². The van der Waals surface area contributed by atoms with Crippen molar-refractivity contribution in [1.29, 1.82) is 0 Å². The number of esters is 1. The van der Waals surface area contributed by atoms with Gasteiger partial charge in [-0.05, 0) is 43.2 Å². The number of hydrogen-bond donors (Lipinski definition) is 1. The van der Waals surface area contributed by atoms with Crippen molar-refractivity contribution < 1.29 is 14.3 Å². The topological polar surface area (TPSA) is 68.3 Å². The Balaban J connectivity index is 1.98. The molecular weight excluding hydrogens is 280 g/mol. The maximum atomic E-state index is 12.0. The molecule has 1 aromatic heterocycles. The van der Waals surface area contributed by atoms with Gasteiger partial charge >= 0.3 is 5.97 Å². The molecule has 0 atom stereocenters. The molecule has 22 heavy (non-hydrogen) atoms. The number of pyridine rings is 1. The standard InChI is InChI=1S/C17H18N2O3/c1-2-22-17(21)14-5-3-4-6-15(14)19-16(20)8-7-13-9-11-18-12-10-13/h3-6,9-12H,2,7-8H2,1H3,(H,19,20). The van der Waals surface area contributed by atoms with Crippen molar-refractivity contribution in [2.75, 3.05) is 11.9 Å². The van der Waals surface area contributed by atoms with E-state index in [1.54, 1.807) is 43.6 Å². The SMILES string of the molecule is CCOC(=O)c1ccccc1NC(=O)CCc1ccncc1. The van der Waals surface area contributed by atoms with Crippen LogP contribution in [0.3, 0.4) is 0 Å². The number of anilines is 1. The summed E-state index contributed by atoms with van der Waals surface area (Å²) in [6, 6.07) is 10.6. The Bertz CT molecular complexity index is 641. The highest BCUT2D eigenvalue weighted by atomic mass is 16.5. The maximum Gasteiger partial charge on any atom is 0.340 e. The summed E-state index contributed by atoms with van der Waals surface area (Å²) in [7, 11) is 0. The van der Waals surface area contributed by atoms with Gasteiger partial charge in [0.05, 0.1) is 17.9 Å². The van der Waals surface area contributed by atoms with Crippen molar-refractivity contribution in [2.45, 2.75) is 19.8 Å². The molecule has 0 aliphatic rings. The van der Waals surface area contributed by atoms with Gasteiger partial charge < -0.3 is 10.1 Å². The first-order chi connectivity index (χ1) is 10.7. The van der Waals surface area contributed by atoms with Crippen molar-refractivity contribution in [2.24, 2.45) is 0 Å². The van der Waals surface area contributed by atoms with Crippen molar-refractivity contribution in [3.63, 3.8) is 0 Å². The molecule has 0 aliphatic carbocycles. The molecule has 0 aliphatic heterocycles. The van der Waals surface area contributed by atoms with Gasteiger partial charge in [0, 0.05) is 18.8 Å². The molecule has 2 rings (SSSR count). The number of rotatable bonds is 6. The zero-order valence-electron chi connectivity index (χ0n) is 12.4. The molecule has 2 aromatic rings. The van der Waals surface area contributed by atoms with E-state index in [-0.39, 0.29) is 5.91 Å². The fourth-order valence-corrected chi connectivity index (χ4v) is 2.00. The molecule has 0 radical (unpaired) electrons. The Hall–Kier alpha value is -2.69. The molecule has 0 saturated carbocycles. The van der Waals surface area contributed by atoms with Crippen LogP contribution in [0.5, 0.6) is 0 Å². The third kappa shape index (κ3) is 4.41. The van der Waals surface area contributed by atoms with E-state index >= 15 is 0 Å². The molecular formula is C17H18N2O3. The highest BCUT2D eigenvalue weighted by Crippen LogP contribution is 2.16. The fourth-order valence-electron chi connectivity index (χ4n) is 2.00. The van der Waals surface area contributed by atoms with Gasteiger partial charge in [-0.1, -0.05) is 12.1 Å². The normalized spacial score (nSPS) is 10.0. The average molecular weight is 298 g/mol. The third-order valence-corrected chi connectivity index (χ3v) is 3.09.